The molecule has 0 saturated heterocycles. The number of nitrogens with zero attached hydrogens (tertiary/aromatic N) is 2. The first-order chi connectivity index (χ1) is 10.2. The highest BCUT2D eigenvalue weighted by Gasteiger charge is 2.12. The average molecular weight is 292 g/mol. The van der Waals surface area contributed by atoms with E-state index in [1.165, 1.54) is 31.6 Å². The average Bonchev–Trinajstić information content (AvgIpc) is 2.50. The molecule has 0 aliphatic heterocycles. The maximum absolute atomic E-state index is 13.8. The number of rotatable bonds is 6. The third-order valence-electron chi connectivity index (χ3n) is 2.72. The Bertz CT molecular complexity index is 622. The predicted molar refractivity (Wildman–Crippen MR) is 78.5 cm³/mol. The number of aromatic nitrogens is 2. The summed E-state index contributed by atoms with van der Waals surface area (Å²) in [6.07, 6.45) is 2.14. The van der Waals surface area contributed by atoms with Gasteiger partial charge >= 0.3 is 0 Å². The van der Waals surface area contributed by atoms with E-state index in [1.807, 2.05) is 6.92 Å². The number of benzene rings is 1. The van der Waals surface area contributed by atoms with Crippen molar-refractivity contribution >= 4 is 17.2 Å². The second-order valence-corrected chi connectivity index (χ2v) is 4.26. The molecule has 1 aromatic heterocycles. The molecular weight excluding hydrogens is 275 g/mol. The predicted octanol–water partition coefficient (Wildman–Crippen LogP) is 2.74. The van der Waals surface area contributed by atoms with Crippen molar-refractivity contribution < 1.29 is 13.9 Å². The SMILES string of the molecule is CCCOc1ncnc(Nc2cc(OC)ccc2F)c1N. The minimum atomic E-state index is -0.440. The third kappa shape index (κ3) is 3.50. The molecule has 0 fully saturated rings. The fourth-order valence-electron chi connectivity index (χ4n) is 1.65. The zero-order valence-electron chi connectivity index (χ0n) is 11.9. The van der Waals surface area contributed by atoms with Crippen LogP contribution in [0, 0.1) is 5.82 Å². The van der Waals surface area contributed by atoms with Gasteiger partial charge in [0.15, 0.2) is 5.82 Å². The van der Waals surface area contributed by atoms with Crippen molar-refractivity contribution in [2.24, 2.45) is 0 Å². The maximum atomic E-state index is 13.8. The van der Waals surface area contributed by atoms with E-state index in [-0.39, 0.29) is 23.1 Å². The van der Waals surface area contributed by atoms with Gasteiger partial charge in [-0.15, -0.1) is 0 Å². The second kappa shape index (κ2) is 6.74. The van der Waals surface area contributed by atoms with Gasteiger partial charge in [0.05, 0.1) is 19.4 Å². The monoisotopic (exact) mass is 292 g/mol. The van der Waals surface area contributed by atoms with E-state index < -0.39 is 5.82 Å². The van der Waals surface area contributed by atoms with Gasteiger partial charge in [-0.2, -0.15) is 4.98 Å². The molecule has 2 rings (SSSR count). The van der Waals surface area contributed by atoms with Crippen LogP contribution in [-0.2, 0) is 0 Å². The van der Waals surface area contributed by atoms with Gasteiger partial charge in [0, 0.05) is 6.07 Å². The fraction of sp³-hybridized carbons (Fsp3) is 0.286. The lowest BCUT2D eigenvalue weighted by Crippen LogP contribution is -2.06. The van der Waals surface area contributed by atoms with Gasteiger partial charge in [-0.1, -0.05) is 6.92 Å². The summed E-state index contributed by atoms with van der Waals surface area (Å²) in [7, 11) is 1.51. The van der Waals surface area contributed by atoms with Crippen molar-refractivity contribution in [3.05, 3.63) is 30.3 Å². The minimum absolute atomic E-state index is 0.209. The van der Waals surface area contributed by atoms with Crippen molar-refractivity contribution in [3.63, 3.8) is 0 Å². The van der Waals surface area contributed by atoms with E-state index >= 15 is 0 Å². The first kappa shape index (κ1) is 14.8. The zero-order valence-corrected chi connectivity index (χ0v) is 11.9. The minimum Gasteiger partial charge on any atom is -0.497 e. The van der Waals surface area contributed by atoms with Crippen LogP contribution in [0.1, 0.15) is 13.3 Å². The van der Waals surface area contributed by atoms with Crippen LogP contribution in [0.25, 0.3) is 0 Å². The van der Waals surface area contributed by atoms with Crippen LogP contribution >= 0.6 is 0 Å². The molecule has 0 saturated carbocycles. The molecule has 0 aliphatic rings. The van der Waals surface area contributed by atoms with E-state index in [4.69, 9.17) is 15.2 Å². The number of nitrogens with two attached hydrogens (primary N) is 1. The van der Waals surface area contributed by atoms with Crippen molar-refractivity contribution in [1.29, 1.82) is 0 Å². The molecule has 112 valence electrons. The van der Waals surface area contributed by atoms with Gasteiger partial charge in [0.2, 0.25) is 5.88 Å². The van der Waals surface area contributed by atoms with Crippen molar-refractivity contribution in [1.82, 2.24) is 9.97 Å². The fourth-order valence-corrected chi connectivity index (χ4v) is 1.65. The molecule has 0 unspecified atom stereocenters. The topological polar surface area (TPSA) is 82.3 Å². The van der Waals surface area contributed by atoms with E-state index in [1.54, 1.807) is 0 Å². The Morgan fingerprint density at radius 3 is 2.86 bits per heavy atom. The van der Waals surface area contributed by atoms with Gasteiger partial charge in [-0.05, 0) is 18.6 Å². The van der Waals surface area contributed by atoms with Gasteiger partial charge < -0.3 is 20.5 Å². The second-order valence-electron chi connectivity index (χ2n) is 4.26. The molecule has 0 amide bonds. The number of nitrogens with one attached hydrogen (secondary N) is 1. The Morgan fingerprint density at radius 2 is 2.14 bits per heavy atom. The molecule has 0 aliphatic carbocycles. The Labute approximate surface area is 122 Å². The van der Waals surface area contributed by atoms with Crippen molar-refractivity contribution in [2.45, 2.75) is 13.3 Å². The Balaban J connectivity index is 2.27. The molecule has 0 bridgehead atoms. The number of ether oxygens (including phenoxy) is 2. The summed E-state index contributed by atoms with van der Waals surface area (Å²) in [5, 5.41) is 2.82. The Kier molecular flexibility index (Phi) is 4.76. The quantitative estimate of drug-likeness (QED) is 0.852. The summed E-state index contributed by atoms with van der Waals surface area (Å²) in [6.45, 7) is 2.47. The van der Waals surface area contributed by atoms with Crippen LogP contribution in [0.4, 0.5) is 21.6 Å². The Hall–Kier alpha value is -2.57. The number of anilines is 3. The molecular formula is C14H17FN4O2. The highest BCUT2D eigenvalue weighted by molar-refractivity contribution is 5.72. The normalized spacial score (nSPS) is 10.2. The molecule has 3 N–H and O–H groups in total. The first-order valence-electron chi connectivity index (χ1n) is 6.49. The van der Waals surface area contributed by atoms with Crippen molar-refractivity contribution in [2.75, 3.05) is 24.8 Å². The van der Waals surface area contributed by atoms with Crippen LogP contribution in [0.3, 0.4) is 0 Å². The first-order valence-corrected chi connectivity index (χ1v) is 6.49. The number of halogens is 1. The van der Waals surface area contributed by atoms with Crippen LogP contribution in [0.15, 0.2) is 24.5 Å². The standard InChI is InChI=1S/C14H17FN4O2/c1-3-6-21-14-12(16)13(17-8-18-14)19-11-7-9(20-2)4-5-10(11)15/h4-5,7-8H,3,6,16H2,1-2H3,(H,17,18,19). The lowest BCUT2D eigenvalue weighted by molar-refractivity contribution is 0.307. The van der Waals surface area contributed by atoms with Crippen LogP contribution in [-0.4, -0.2) is 23.7 Å². The smallest absolute Gasteiger partial charge is 0.242 e. The van der Waals surface area contributed by atoms with Crippen LogP contribution < -0.4 is 20.5 Å². The highest BCUT2D eigenvalue weighted by Crippen LogP contribution is 2.30. The lowest BCUT2D eigenvalue weighted by atomic mass is 10.3. The molecule has 7 heteroatoms. The molecule has 1 heterocycles. The molecule has 6 nitrogen and oxygen atoms in total. The Morgan fingerprint density at radius 1 is 1.33 bits per heavy atom. The van der Waals surface area contributed by atoms with Gasteiger partial charge in [0.1, 0.15) is 23.6 Å². The lowest BCUT2D eigenvalue weighted by Gasteiger charge is -2.12. The number of nitrogen functional groups attached to an aromatic ring is 1. The van der Waals surface area contributed by atoms with Crippen molar-refractivity contribution in [3.8, 4) is 11.6 Å². The zero-order chi connectivity index (χ0) is 15.2. The van der Waals surface area contributed by atoms with Crippen LogP contribution in [0.5, 0.6) is 11.6 Å². The molecule has 1 aromatic carbocycles. The molecule has 2 aromatic rings. The van der Waals surface area contributed by atoms with E-state index in [9.17, 15) is 4.39 Å². The summed E-state index contributed by atoms with van der Waals surface area (Å²) in [5.74, 6) is 0.639. The van der Waals surface area contributed by atoms with Gasteiger partial charge in [-0.25, -0.2) is 9.37 Å². The highest BCUT2D eigenvalue weighted by atomic mass is 19.1. The number of methoxy groups -OCH3 is 1. The molecule has 0 spiro atoms. The van der Waals surface area contributed by atoms with E-state index in [0.717, 1.165) is 6.42 Å². The summed E-state index contributed by atoms with van der Waals surface area (Å²) in [6, 6.07) is 4.34. The number of hydrogen-bond donors (Lipinski definition) is 2. The summed E-state index contributed by atoms with van der Waals surface area (Å²) in [4.78, 5) is 7.96. The molecule has 21 heavy (non-hydrogen) atoms. The summed E-state index contributed by atoms with van der Waals surface area (Å²) < 4.78 is 24.3. The number of hydrogen-bond acceptors (Lipinski definition) is 6. The van der Waals surface area contributed by atoms with Gasteiger partial charge in [-0.3, -0.25) is 0 Å². The van der Waals surface area contributed by atoms with E-state index in [0.29, 0.717) is 12.4 Å². The van der Waals surface area contributed by atoms with Gasteiger partial charge in [0.25, 0.3) is 0 Å². The molecule has 0 atom stereocenters. The van der Waals surface area contributed by atoms with E-state index in [2.05, 4.69) is 15.3 Å². The summed E-state index contributed by atoms with van der Waals surface area (Å²) >= 11 is 0. The maximum Gasteiger partial charge on any atom is 0.242 e. The third-order valence-corrected chi connectivity index (χ3v) is 2.72. The largest absolute Gasteiger partial charge is 0.497 e. The summed E-state index contributed by atoms with van der Waals surface area (Å²) in [5.41, 5.74) is 6.37. The van der Waals surface area contributed by atoms with Crippen LogP contribution in [0.2, 0.25) is 0 Å². The molecule has 0 radical (unpaired) electrons.